The van der Waals surface area contributed by atoms with Crippen LogP contribution in [0.4, 0.5) is 0 Å². The first-order chi connectivity index (χ1) is 8.89. The minimum Gasteiger partial charge on any atom is -0.480 e. The highest BCUT2D eigenvalue weighted by molar-refractivity contribution is 5.75. The van der Waals surface area contributed by atoms with Crippen molar-refractivity contribution in [3.05, 3.63) is 35.9 Å². The number of carboxylic acids is 1. The lowest BCUT2D eigenvalue weighted by molar-refractivity contribution is -0.143. The summed E-state index contributed by atoms with van der Waals surface area (Å²) in [5, 5.41) is 9.53. The van der Waals surface area contributed by atoms with Gasteiger partial charge in [-0.05, 0) is 29.9 Å². The van der Waals surface area contributed by atoms with Crippen LogP contribution in [0.2, 0.25) is 0 Å². The van der Waals surface area contributed by atoms with Gasteiger partial charge in [0.05, 0.1) is 0 Å². The maximum absolute atomic E-state index is 11.6. The Morgan fingerprint density at radius 3 is 2.42 bits per heavy atom. The van der Waals surface area contributed by atoms with Gasteiger partial charge in [0.1, 0.15) is 6.04 Å². The number of nitrogens with zero attached hydrogens (tertiary/aromatic N) is 1. The monoisotopic (exact) mass is 261 g/mol. The molecule has 2 unspecified atom stereocenters. The first-order valence-electron chi connectivity index (χ1n) is 6.91. The molecular formula is C16H23NO2. The van der Waals surface area contributed by atoms with Gasteiger partial charge in [-0.15, -0.1) is 0 Å². The Morgan fingerprint density at radius 1 is 1.32 bits per heavy atom. The molecule has 0 bridgehead atoms. The molecule has 0 spiro atoms. The smallest absolute Gasteiger partial charge is 0.325 e. The summed E-state index contributed by atoms with van der Waals surface area (Å²) in [6, 6.07) is 9.04. The number of hydrogen-bond acceptors (Lipinski definition) is 2. The predicted molar refractivity (Wildman–Crippen MR) is 76.0 cm³/mol. The average Bonchev–Trinajstić information content (AvgIpc) is 2.79. The fourth-order valence-electron chi connectivity index (χ4n) is 2.87. The summed E-state index contributed by atoms with van der Waals surface area (Å²) in [6.45, 7) is 8.45. The normalized spacial score (nSPS) is 22.4. The van der Waals surface area contributed by atoms with E-state index in [1.54, 1.807) is 0 Å². The number of carbonyl (C=O) groups is 1. The van der Waals surface area contributed by atoms with Crippen LogP contribution in [0.1, 0.15) is 38.8 Å². The third-order valence-corrected chi connectivity index (χ3v) is 4.16. The summed E-state index contributed by atoms with van der Waals surface area (Å²) in [4.78, 5) is 13.7. The molecule has 0 radical (unpaired) electrons. The molecule has 1 aromatic carbocycles. The van der Waals surface area contributed by atoms with Crippen molar-refractivity contribution >= 4 is 5.97 Å². The van der Waals surface area contributed by atoms with E-state index in [-0.39, 0.29) is 5.41 Å². The van der Waals surface area contributed by atoms with E-state index in [4.69, 9.17) is 0 Å². The van der Waals surface area contributed by atoms with Crippen LogP contribution in [0.25, 0.3) is 0 Å². The van der Waals surface area contributed by atoms with Gasteiger partial charge in [0.2, 0.25) is 0 Å². The largest absolute Gasteiger partial charge is 0.480 e. The van der Waals surface area contributed by atoms with Crippen LogP contribution in [0.15, 0.2) is 30.3 Å². The standard InChI is InChI=1S/C16H23NO2/c1-16(2,3)13-9-10-17(11-13)14(15(18)19)12-7-5-4-6-8-12/h4-8,13-14H,9-11H2,1-3H3,(H,18,19). The molecule has 1 saturated heterocycles. The van der Waals surface area contributed by atoms with Crippen LogP contribution in [-0.4, -0.2) is 29.1 Å². The summed E-state index contributed by atoms with van der Waals surface area (Å²) in [6.07, 6.45) is 1.08. The minimum absolute atomic E-state index is 0.245. The van der Waals surface area contributed by atoms with Gasteiger partial charge in [0.25, 0.3) is 0 Å². The second-order valence-electron chi connectivity index (χ2n) is 6.50. The molecule has 19 heavy (non-hydrogen) atoms. The minimum atomic E-state index is -0.749. The molecule has 0 saturated carbocycles. The van der Waals surface area contributed by atoms with Crippen molar-refractivity contribution in [3.63, 3.8) is 0 Å². The van der Waals surface area contributed by atoms with Gasteiger partial charge < -0.3 is 5.11 Å². The summed E-state index contributed by atoms with van der Waals surface area (Å²) in [5.41, 5.74) is 1.12. The Morgan fingerprint density at radius 2 is 1.95 bits per heavy atom. The van der Waals surface area contributed by atoms with Gasteiger partial charge in [-0.2, -0.15) is 0 Å². The summed E-state index contributed by atoms with van der Waals surface area (Å²) in [7, 11) is 0. The molecule has 104 valence electrons. The Labute approximate surface area is 115 Å². The molecule has 1 aliphatic heterocycles. The van der Waals surface area contributed by atoms with Gasteiger partial charge in [-0.3, -0.25) is 9.69 Å². The summed E-state index contributed by atoms with van der Waals surface area (Å²) >= 11 is 0. The van der Waals surface area contributed by atoms with Gasteiger partial charge in [0, 0.05) is 6.54 Å². The lowest BCUT2D eigenvalue weighted by Gasteiger charge is -2.29. The highest BCUT2D eigenvalue weighted by Gasteiger charge is 2.37. The van der Waals surface area contributed by atoms with Crippen molar-refractivity contribution in [2.45, 2.75) is 33.2 Å². The van der Waals surface area contributed by atoms with Gasteiger partial charge >= 0.3 is 5.97 Å². The van der Waals surface area contributed by atoms with Crippen molar-refractivity contribution in [1.29, 1.82) is 0 Å². The maximum atomic E-state index is 11.6. The Bertz CT molecular complexity index is 436. The first kappa shape index (κ1) is 14.1. The molecule has 3 nitrogen and oxygen atoms in total. The van der Waals surface area contributed by atoms with Crippen molar-refractivity contribution in [2.24, 2.45) is 11.3 Å². The fraction of sp³-hybridized carbons (Fsp3) is 0.562. The zero-order valence-corrected chi connectivity index (χ0v) is 12.0. The maximum Gasteiger partial charge on any atom is 0.325 e. The highest BCUT2D eigenvalue weighted by Crippen LogP contribution is 2.37. The summed E-state index contributed by atoms with van der Waals surface area (Å²) in [5.74, 6) is -0.182. The molecule has 3 heteroatoms. The van der Waals surface area contributed by atoms with E-state index in [0.29, 0.717) is 5.92 Å². The van der Waals surface area contributed by atoms with Gasteiger partial charge in [-0.25, -0.2) is 0 Å². The van der Waals surface area contributed by atoms with Crippen molar-refractivity contribution in [1.82, 2.24) is 4.90 Å². The van der Waals surface area contributed by atoms with Crippen molar-refractivity contribution in [3.8, 4) is 0 Å². The summed E-state index contributed by atoms with van der Waals surface area (Å²) < 4.78 is 0. The van der Waals surface area contributed by atoms with Crippen LogP contribution in [0, 0.1) is 11.3 Å². The number of likely N-dealkylation sites (tertiary alicyclic amines) is 1. The molecule has 1 heterocycles. The molecule has 1 N–H and O–H groups in total. The average molecular weight is 261 g/mol. The molecule has 0 aromatic heterocycles. The van der Waals surface area contributed by atoms with E-state index in [1.807, 2.05) is 30.3 Å². The quantitative estimate of drug-likeness (QED) is 0.908. The van der Waals surface area contributed by atoms with Gasteiger partial charge in [0.15, 0.2) is 0 Å². The SMILES string of the molecule is CC(C)(C)C1CCN(C(C(=O)O)c2ccccc2)C1. The Balaban J connectivity index is 2.17. The van der Waals surface area contributed by atoms with Crippen molar-refractivity contribution in [2.75, 3.05) is 13.1 Å². The van der Waals surface area contributed by atoms with E-state index in [1.165, 1.54) is 0 Å². The van der Waals surface area contributed by atoms with E-state index in [2.05, 4.69) is 25.7 Å². The van der Waals surface area contributed by atoms with Crippen LogP contribution in [0.3, 0.4) is 0 Å². The molecule has 0 amide bonds. The zero-order chi connectivity index (χ0) is 14.0. The predicted octanol–water partition coefficient (Wildman–Crippen LogP) is 3.18. The van der Waals surface area contributed by atoms with Gasteiger partial charge in [-0.1, -0.05) is 51.1 Å². The number of carboxylic acid groups (broad SMARTS) is 1. The van der Waals surface area contributed by atoms with Crippen molar-refractivity contribution < 1.29 is 9.90 Å². The topological polar surface area (TPSA) is 40.5 Å². The first-order valence-corrected chi connectivity index (χ1v) is 6.91. The second kappa shape index (κ2) is 5.33. The van der Waals surface area contributed by atoms with Crippen LogP contribution < -0.4 is 0 Å². The second-order valence-corrected chi connectivity index (χ2v) is 6.50. The number of hydrogen-bond donors (Lipinski definition) is 1. The van der Waals surface area contributed by atoms with Crippen LogP contribution in [0.5, 0.6) is 0 Å². The van der Waals surface area contributed by atoms with Crippen LogP contribution >= 0.6 is 0 Å². The van der Waals surface area contributed by atoms with E-state index in [9.17, 15) is 9.90 Å². The third-order valence-electron chi connectivity index (χ3n) is 4.16. The number of benzene rings is 1. The van der Waals surface area contributed by atoms with E-state index >= 15 is 0 Å². The molecule has 2 rings (SSSR count). The zero-order valence-electron chi connectivity index (χ0n) is 12.0. The molecule has 1 aromatic rings. The van der Waals surface area contributed by atoms with E-state index < -0.39 is 12.0 Å². The van der Waals surface area contributed by atoms with Crippen LogP contribution in [-0.2, 0) is 4.79 Å². The number of rotatable bonds is 3. The molecule has 1 fully saturated rings. The number of aliphatic carboxylic acids is 1. The highest BCUT2D eigenvalue weighted by atomic mass is 16.4. The lowest BCUT2D eigenvalue weighted by Crippen LogP contribution is -2.33. The Kier molecular flexibility index (Phi) is 3.95. The van der Waals surface area contributed by atoms with E-state index in [0.717, 1.165) is 25.1 Å². The molecule has 1 aliphatic rings. The molecule has 0 aliphatic carbocycles. The lowest BCUT2D eigenvalue weighted by atomic mass is 9.80. The Hall–Kier alpha value is -1.35. The molecule has 2 atom stereocenters. The molecular weight excluding hydrogens is 238 g/mol. The third kappa shape index (κ3) is 3.16. The fourth-order valence-corrected chi connectivity index (χ4v) is 2.87.